The number of nitrogens with zero attached hydrogens (tertiary/aromatic N) is 5. The second kappa shape index (κ2) is 10.0. The Morgan fingerprint density at radius 1 is 1.14 bits per heavy atom. The summed E-state index contributed by atoms with van der Waals surface area (Å²) in [4.78, 5) is 10.7. The molecule has 0 radical (unpaired) electrons. The summed E-state index contributed by atoms with van der Waals surface area (Å²) in [6.45, 7) is 6.31. The van der Waals surface area contributed by atoms with Crippen molar-refractivity contribution in [2.75, 3.05) is 25.1 Å². The van der Waals surface area contributed by atoms with Gasteiger partial charge in [0, 0.05) is 17.8 Å². The molecule has 3 N–H and O–H groups in total. The van der Waals surface area contributed by atoms with Gasteiger partial charge in [-0.25, -0.2) is 9.97 Å². The second-order valence-corrected chi connectivity index (χ2v) is 8.95. The molecule has 0 fully saturated rings. The molecule has 0 bridgehead atoms. The third-order valence-electron chi connectivity index (χ3n) is 6.06. The second-order valence-electron chi connectivity index (χ2n) is 8.95. The fourth-order valence-corrected chi connectivity index (χ4v) is 4.18. The van der Waals surface area contributed by atoms with Gasteiger partial charge in [0.2, 0.25) is 0 Å². The monoisotopic (exact) mass is 469 g/mol. The van der Waals surface area contributed by atoms with Crippen molar-refractivity contribution in [2.24, 2.45) is 0 Å². The van der Waals surface area contributed by atoms with Gasteiger partial charge in [-0.2, -0.15) is 5.26 Å². The van der Waals surface area contributed by atoms with E-state index in [1.165, 1.54) is 6.33 Å². The molecule has 1 atom stereocenters. The van der Waals surface area contributed by atoms with E-state index in [0.29, 0.717) is 22.9 Å². The summed E-state index contributed by atoms with van der Waals surface area (Å²) in [5, 5.41) is 14.1. The normalized spacial score (nSPS) is 12.2. The van der Waals surface area contributed by atoms with Crippen molar-refractivity contribution >= 4 is 22.5 Å². The summed E-state index contributed by atoms with van der Waals surface area (Å²) in [7, 11) is 4.01. The quantitative estimate of drug-likeness (QED) is 0.322. The van der Waals surface area contributed by atoms with E-state index in [0.717, 1.165) is 34.3 Å². The standard InChI is InChI=1S/C27H31N7O/c1-6-24(33(4)5)32-22-8-7-9-23(20(22)14-28)35-19-12-10-18(11-13-19)21-15-34(17(2)3)27-25(21)26(29)30-16-31-27/h7-13,15-17,24,32H,6H2,1-5H3,(H2,29,30,31). The van der Waals surface area contributed by atoms with Crippen LogP contribution >= 0.6 is 0 Å². The molecule has 1 unspecified atom stereocenters. The maximum Gasteiger partial charge on any atom is 0.147 e. The summed E-state index contributed by atoms with van der Waals surface area (Å²) in [5.41, 5.74) is 10.2. The Morgan fingerprint density at radius 3 is 2.51 bits per heavy atom. The van der Waals surface area contributed by atoms with Crippen molar-refractivity contribution < 1.29 is 4.74 Å². The first-order chi connectivity index (χ1) is 16.8. The number of ether oxygens (including phenoxy) is 1. The third kappa shape index (κ3) is 4.77. The Hall–Kier alpha value is -4.09. The van der Waals surface area contributed by atoms with Crippen LogP contribution < -0.4 is 15.8 Å². The number of nitrogens with one attached hydrogen (secondary N) is 1. The van der Waals surface area contributed by atoms with Gasteiger partial charge >= 0.3 is 0 Å². The van der Waals surface area contributed by atoms with Gasteiger partial charge in [0.15, 0.2) is 0 Å². The molecule has 35 heavy (non-hydrogen) atoms. The molecule has 8 heteroatoms. The van der Waals surface area contributed by atoms with Crippen LogP contribution in [0.2, 0.25) is 0 Å². The molecule has 4 rings (SSSR count). The number of fused-ring (bicyclic) bond motifs is 1. The number of anilines is 2. The highest BCUT2D eigenvalue weighted by atomic mass is 16.5. The molecule has 0 amide bonds. The van der Waals surface area contributed by atoms with E-state index >= 15 is 0 Å². The molecule has 4 aromatic rings. The molecular weight excluding hydrogens is 438 g/mol. The van der Waals surface area contributed by atoms with Crippen LogP contribution in [0.15, 0.2) is 55.0 Å². The molecule has 180 valence electrons. The Labute approximate surface area is 206 Å². The van der Waals surface area contributed by atoms with Gasteiger partial charge in [0.25, 0.3) is 0 Å². The minimum absolute atomic E-state index is 0.112. The molecule has 0 aliphatic heterocycles. The summed E-state index contributed by atoms with van der Waals surface area (Å²) < 4.78 is 8.23. The molecule has 0 aliphatic rings. The highest BCUT2D eigenvalue weighted by Crippen LogP contribution is 2.36. The number of nitriles is 1. The minimum atomic E-state index is 0.112. The van der Waals surface area contributed by atoms with Crippen LogP contribution in [0.4, 0.5) is 11.5 Å². The van der Waals surface area contributed by atoms with E-state index in [4.69, 9.17) is 10.5 Å². The van der Waals surface area contributed by atoms with Crippen LogP contribution in [-0.2, 0) is 0 Å². The molecule has 0 aliphatic carbocycles. The predicted molar refractivity (Wildman–Crippen MR) is 140 cm³/mol. The van der Waals surface area contributed by atoms with Crippen molar-refractivity contribution in [1.82, 2.24) is 19.4 Å². The number of benzene rings is 2. The first-order valence-electron chi connectivity index (χ1n) is 11.7. The van der Waals surface area contributed by atoms with Crippen molar-refractivity contribution in [2.45, 2.75) is 39.4 Å². The van der Waals surface area contributed by atoms with Crippen LogP contribution in [0.25, 0.3) is 22.2 Å². The number of hydrogen-bond donors (Lipinski definition) is 2. The molecule has 2 aromatic carbocycles. The fraction of sp³-hybridized carbons (Fsp3) is 0.296. The zero-order chi connectivity index (χ0) is 25.1. The summed E-state index contributed by atoms with van der Waals surface area (Å²) in [5.74, 6) is 1.60. The summed E-state index contributed by atoms with van der Waals surface area (Å²) in [6.07, 6.45) is 4.57. The zero-order valence-electron chi connectivity index (χ0n) is 20.8. The number of nitrogen functional groups attached to an aromatic ring is 1. The Kier molecular flexibility index (Phi) is 6.90. The van der Waals surface area contributed by atoms with Gasteiger partial charge in [-0.15, -0.1) is 0 Å². The number of nitrogens with two attached hydrogens (primary N) is 1. The molecule has 0 spiro atoms. The van der Waals surface area contributed by atoms with Crippen molar-refractivity contribution in [1.29, 1.82) is 5.26 Å². The Bertz CT molecular complexity index is 1370. The van der Waals surface area contributed by atoms with Crippen LogP contribution in [0.1, 0.15) is 38.8 Å². The Morgan fingerprint density at radius 2 is 1.89 bits per heavy atom. The number of aromatic nitrogens is 3. The minimum Gasteiger partial charge on any atom is -0.456 e. The van der Waals surface area contributed by atoms with E-state index in [9.17, 15) is 5.26 Å². The molecule has 8 nitrogen and oxygen atoms in total. The lowest BCUT2D eigenvalue weighted by molar-refractivity contribution is 0.315. The molecule has 0 saturated heterocycles. The van der Waals surface area contributed by atoms with Gasteiger partial charge < -0.3 is 20.4 Å². The number of rotatable bonds is 8. The van der Waals surface area contributed by atoms with E-state index in [1.807, 2.05) is 56.6 Å². The lowest BCUT2D eigenvalue weighted by atomic mass is 10.1. The maximum absolute atomic E-state index is 9.86. The first kappa shape index (κ1) is 24.0. The lowest BCUT2D eigenvalue weighted by Crippen LogP contribution is -2.34. The summed E-state index contributed by atoms with van der Waals surface area (Å²) >= 11 is 0. The van der Waals surface area contributed by atoms with Crippen molar-refractivity contribution in [3.05, 3.63) is 60.6 Å². The highest BCUT2D eigenvalue weighted by Gasteiger charge is 2.18. The van der Waals surface area contributed by atoms with Crippen LogP contribution in [0.5, 0.6) is 11.5 Å². The average Bonchev–Trinajstić information content (AvgIpc) is 3.24. The number of hydrogen-bond acceptors (Lipinski definition) is 7. The molecule has 0 saturated carbocycles. The van der Waals surface area contributed by atoms with E-state index < -0.39 is 0 Å². The third-order valence-corrected chi connectivity index (χ3v) is 6.06. The van der Waals surface area contributed by atoms with Gasteiger partial charge in [0.1, 0.15) is 40.9 Å². The zero-order valence-corrected chi connectivity index (χ0v) is 20.8. The van der Waals surface area contributed by atoms with E-state index in [2.05, 4.69) is 57.8 Å². The maximum atomic E-state index is 9.86. The van der Waals surface area contributed by atoms with Crippen LogP contribution in [-0.4, -0.2) is 39.7 Å². The first-order valence-corrected chi connectivity index (χ1v) is 11.7. The van der Waals surface area contributed by atoms with Crippen molar-refractivity contribution in [3.8, 4) is 28.7 Å². The topological polar surface area (TPSA) is 105 Å². The summed E-state index contributed by atoms with van der Waals surface area (Å²) in [6, 6.07) is 15.9. The Balaban J connectivity index is 1.64. The smallest absolute Gasteiger partial charge is 0.147 e. The molecular formula is C27H31N7O. The van der Waals surface area contributed by atoms with Gasteiger partial charge in [-0.3, -0.25) is 4.90 Å². The van der Waals surface area contributed by atoms with Gasteiger partial charge in [-0.1, -0.05) is 25.1 Å². The SMILES string of the molecule is CCC(Nc1cccc(Oc2ccc(-c3cn(C(C)C)c4ncnc(N)c34)cc2)c1C#N)N(C)C. The van der Waals surface area contributed by atoms with Gasteiger partial charge in [0.05, 0.1) is 17.2 Å². The lowest BCUT2D eigenvalue weighted by Gasteiger charge is -2.26. The molecule has 2 aromatic heterocycles. The molecule has 2 heterocycles. The van der Waals surface area contributed by atoms with Crippen molar-refractivity contribution in [3.63, 3.8) is 0 Å². The highest BCUT2D eigenvalue weighted by molar-refractivity contribution is 6.00. The van der Waals surface area contributed by atoms with E-state index in [-0.39, 0.29) is 12.2 Å². The van der Waals surface area contributed by atoms with Crippen LogP contribution in [0, 0.1) is 11.3 Å². The van der Waals surface area contributed by atoms with Crippen LogP contribution in [0.3, 0.4) is 0 Å². The average molecular weight is 470 g/mol. The fourth-order valence-electron chi connectivity index (χ4n) is 4.18. The van der Waals surface area contributed by atoms with Gasteiger partial charge in [-0.05, 0) is 64.2 Å². The predicted octanol–water partition coefficient (Wildman–Crippen LogP) is 5.63. The van der Waals surface area contributed by atoms with E-state index in [1.54, 1.807) is 0 Å². The largest absolute Gasteiger partial charge is 0.456 e.